The molecule has 1 aliphatic heterocycles. The Morgan fingerprint density at radius 1 is 1.36 bits per heavy atom. The Morgan fingerprint density at radius 3 is 2.64 bits per heavy atom. The molecule has 1 fully saturated rings. The zero-order valence-corrected chi connectivity index (χ0v) is 16.8. The van der Waals surface area contributed by atoms with Crippen molar-refractivity contribution in [2.75, 3.05) is 26.7 Å². The second kappa shape index (κ2) is 10.5. The van der Waals surface area contributed by atoms with Crippen molar-refractivity contribution in [3.63, 3.8) is 0 Å². The van der Waals surface area contributed by atoms with Crippen LogP contribution < -0.4 is 5.32 Å². The van der Waals surface area contributed by atoms with E-state index in [1.807, 2.05) is 4.90 Å². The lowest BCUT2D eigenvalue weighted by Crippen LogP contribution is -2.46. The van der Waals surface area contributed by atoms with Crippen LogP contribution in [-0.4, -0.2) is 43.6 Å². The summed E-state index contributed by atoms with van der Waals surface area (Å²) < 4.78 is 31.9. The van der Waals surface area contributed by atoms with E-state index in [0.717, 1.165) is 12.1 Å². The minimum absolute atomic E-state index is 0. The van der Waals surface area contributed by atoms with Crippen LogP contribution in [0.15, 0.2) is 23.2 Å². The van der Waals surface area contributed by atoms with Crippen molar-refractivity contribution in [3.05, 3.63) is 35.4 Å². The van der Waals surface area contributed by atoms with Gasteiger partial charge >= 0.3 is 5.97 Å². The first-order valence-electron chi connectivity index (χ1n) is 8.11. The fraction of sp³-hybridized carbons (Fsp3) is 0.529. The molecule has 1 aliphatic rings. The first-order chi connectivity index (χ1) is 11.5. The number of hydrogen-bond donors (Lipinski definition) is 1. The summed E-state index contributed by atoms with van der Waals surface area (Å²) in [5.41, 5.74) is 0.248. The van der Waals surface area contributed by atoms with Crippen LogP contribution >= 0.6 is 24.0 Å². The van der Waals surface area contributed by atoms with E-state index in [2.05, 4.69) is 10.3 Å². The van der Waals surface area contributed by atoms with Crippen LogP contribution in [0.4, 0.5) is 8.78 Å². The van der Waals surface area contributed by atoms with Gasteiger partial charge in [-0.2, -0.15) is 0 Å². The van der Waals surface area contributed by atoms with Crippen LogP contribution in [-0.2, 0) is 16.1 Å². The quantitative estimate of drug-likeness (QED) is 0.320. The SMILES string of the molecule is CCOC(=O)C1CCN(C(=NC)NCc2cc(F)ccc2F)CC1.I. The lowest BCUT2D eigenvalue weighted by Gasteiger charge is -2.33. The van der Waals surface area contributed by atoms with E-state index >= 15 is 0 Å². The summed E-state index contributed by atoms with van der Waals surface area (Å²) >= 11 is 0. The van der Waals surface area contributed by atoms with Crippen molar-refractivity contribution < 1.29 is 18.3 Å². The van der Waals surface area contributed by atoms with E-state index in [0.29, 0.717) is 38.5 Å². The van der Waals surface area contributed by atoms with Crippen molar-refractivity contribution in [1.29, 1.82) is 0 Å². The third-order valence-electron chi connectivity index (χ3n) is 4.07. The Bertz CT molecular complexity index is 606. The molecule has 1 aromatic rings. The highest BCUT2D eigenvalue weighted by molar-refractivity contribution is 14.0. The number of likely N-dealkylation sites (tertiary alicyclic amines) is 1. The smallest absolute Gasteiger partial charge is 0.309 e. The molecule has 0 amide bonds. The summed E-state index contributed by atoms with van der Waals surface area (Å²) in [7, 11) is 1.64. The van der Waals surface area contributed by atoms with Gasteiger partial charge in [0, 0.05) is 32.2 Å². The van der Waals surface area contributed by atoms with Crippen LogP contribution in [0, 0.1) is 17.6 Å². The number of halogens is 3. The number of piperidine rings is 1. The van der Waals surface area contributed by atoms with Gasteiger partial charge in [-0.1, -0.05) is 0 Å². The molecular formula is C17H24F2IN3O2. The van der Waals surface area contributed by atoms with Gasteiger partial charge in [0.15, 0.2) is 5.96 Å². The first-order valence-corrected chi connectivity index (χ1v) is 8.11. The van der Waals surface area contributed by atoms with E-state index in [9.17, 15) is 13.6 Å². The van der Waals surface area contributed by atoms with Crippen LogP contribution in [0.3, 0.4) is 0 Å². The third kappa shape index (κ3) is 6.09. The molecule has 0 aromatic heterocycles. The summed E-state index contributed by atoms with van der Waals surface area (Å²) in [5.74, 6) is -0.554. The Hall–Kier alpha value is -1.45. The fourth-order valence-corrected chi connectivity index (χ4v) is 2.77. The molecule has 1 aromatic carbocycles. The molecule has 1 heterocycles. The monoisotopic (exact) mass is 467 g/mol. The second-order valence-corrected chi connectivity index (χ2v) is 5.65. The number of benzene rings is 1. The average Bonchev–Trinajstić information content (AvgIpc) is 2.59. The van der Waals surface area contributed by atoms with Gasteiger partial charge in [-0.3, -0.25) is 9.79 Å². The topological polar surface area (TPSA) is 53.9 Å². The number of ether oxygens (including phenoxy) is 1. The summed E-state index contributed by atoms with van der Waals surface area (Å²) in [6, 6.07) is 3.37. The Kier molecular flexibility index (Phi) is 9.09. The van der Waals surface area contributed by atoms with Gasteiger partial charge in [0.05, 0.1) is 12.5 Å². The molecule has 0 unspecified atom stereocenters. The number of hydrogen-bond acceptors (Lipinski definition) is 3. The fourth-order valence-electron chi connectivity index (χ4n) is 2.77. The van der Waals surface area contributed by atoms with Crippen molar-refractivity contribution >= 4 is 35.9 Å². The third-order valence-corrected chi connectivity index (χ3v) is 4.07. The molecule has 0 aliphatic carbocycles. The minimum atomic E-state index is -0.474. The zero-order chi connectivity index (χ0) is 17.5. The first kappa shape index (κ1) is 21.6. The molecule has 8 heteroatoms. The summed E-state index contributed by atoms with van der Waals surface area (Å²) in [5, 5.41) is 3.05. The van der Waals surface area contributed by atoms with E-state index in [-0.39, 0.29) is 48.0 Å². The molecule has 0 saturated carbocycles. The van der Waals surface area contributed by atoms with E-state index in [1.54, 1.807) is 14.0 Å². The summed E-state index contributed by atoms with van der Waals surface area (Å²) in [6.45, 7) is 3.66. The molecule has 0 atom stereocenters. The normalized spacial score (nSPS) is 15.5. The van der Waals surface area contributed by atoms with Crippen LogP contribution in [0.1, 0.15) is 25.3 Å². The predicted molar refractivity (Wildman–Crippen MR) is 103 cm³/mol. The maximum absolute atomic E-state index is 13.7. The molecule has 1 N–H and O–H groups in total. The molecule has 0 spiro atoms. The number of rotatable bonds is 4. The number of esters is 1. The highest BCUT2D eigenvalue weighted by Gasteiger charge is 2.27. The van der Waals surface area contributed by atoms with Gasteiger partial charge in [0.2, 0.25) is 0 Å². The second-order valence-electron chi connectivity index (χ2n) is 5.65. The summed E-state index contributed by atoms with van der Waals surface area (Å²) in [4.78, 5) is 18.0. The van der Waals surface area contributed by atoms with Crippen molar-refractivity contribution in [1.82, 2.24) is 10.2 Å². The van der Waals surface area contributed by atoms with Gasteiger partial charge in [-0.05, 0) is 38.0 Å². The number of carbonyl (C=O) groups is 1. The molecule has 0 radical (unpaired) electrons. The number of nitrogens with one attached hydrogen (secondary N) is 1. The number of carbonyl (C=O) groups excluding carboxylic acids is 1. The molecular weight excluding hydrogens is 443 g/mol. The Morgan fingerprint density at radius 2 is 2.04 bits per heavy atom. The maximum atomic E-state index is 13.7. The average molecular weight is 467 g/mol. The highest BCUT2D eigenvalue weighted by Crippen LogP contribution is 2.19. The number of nitrogens with zero attached hydrogens (tertiary/aromatic N) is 2. The molecule has 2 rings (SSSR count). The van der Waals surface area contributed by atoms with Crippen LogP contribution in [0.25, 0.3) is 0 Å². The van der Waals surface area contributed by atoms with Crippen molar-refractivity contribution in [2.24, 2.45) is 10.9 Å². The predicted octanol–water partition coefficient (Wildman–Crippen LogP) is 2.93. The van der Waals surface area contributed by atoms with Gasteiger partial charge in [0.1, 0.15) is 11.6 Å². The standard InChI is InChI=1S/C17H23F2N3O2.HI/c1-3-24-16(23)12-6-8-22(9-7-12)17(20-2)21-11-13-10-14(18)4-5-15(13)19;/h4-5,10,12H,3,6-9,11H2,1-2H3,(H,20,21);1H. The Balaban J connectivity index is 0.00000312. The molecule has 5 nitrogen and oxygen atoms in total. The molecule has 25 heavy (non-hydrogen) atoms. The number of guanidine groups is 1. The van der Waals surface area contributed by atoms with Gasteiger partial charge in [-0.25, -0.2) is 8.78 Å². The summed E-state index contributed by atoms with van der Waals surface area (Å²) in [6.07, 6.45) is 1.38. The van der Waals surface area contributed by atoms with Crippen LogP contribution in [0.5, 0.6) is 0 Å². The van der Waals surface area contributed by atoms with Gasteiger partial charge in [0.25, 0.3) is 0 Å². The maximum Gasteiger partial charge on any atom is 0.309 e. The molecule has 0 bridgehead atoms. The van der Waals surface area contributed by atoms with Gasteiger partial charge < -0.3 is 15.0 Å². The lowest BCUT2D eigenvalue weighted by molar-refractivity contribution is -0.149. The van der Waals surface area contributed by atoms with E-state index in [4.69, 9.17) is 4.74 Å². The lowest BCUT2D eigenvalue weighted by atomic mass is 9.97. The largest absolute Gasteiger partial charge is 0.466 e. The van der Waals surface area contributed by atoms with E-state index < -0.39 is 11.6 Å². The van der Waals surface area contributed by atoms with Crippen molar-refractivity contribution in [3.8, 4) is 0 Å². The number of aliphatic imine (C=N–C) groups is 1. The minimum Gasteiger partial charge on any atom is -0.466 e. The van der Waals surface area contributed by atoms with Crippen LogP contribution in [0.2, 0.25) is 0 Å². The molecule has 1 saturated heterocycles. The van der Waals surface area contributed by atoms with Crippen molar-refractivity contribution in [2.45, 2.75) is 26.3 Å². The Labute approximate surface area is 163 Å². The highest BCUT2D eigenvalue weighted by atomic mass is 127. The molecule has 140 valence electrons. The zero-order valence-electron chi connectivity index (χ0n) is 14.4. The van der Waals surface area contributed by atoms with Gasteiger partial charge in [-0.15, -0.1) is 24.0 Å². The van der Waals surface area contributed by atoms with E-state index in [1.165, 1.54) is 6.07 Å².